The maximum atomic E-state index is 13.3. The first kappa shape index (κ1) is 115. The summed E-state index contributed by atoms with van der Waals surface area (Å²) in [7, 11) is 0. The average Bonchev–Trinajstić information content (AvgIpc) is 0.967. The smallest absolute Gasteiger partial charge is 0.331 e. The highest BCUT2D eigenvalue weighted by Gasteiger charge is 2.15. The second-order valence-corrected chi connectivity index (χ2v) is 39.0. The van der Waals surface area contributed by atoms with Crippen LogP contribution in [0.4, 0.5) is 0 Å². The first-order valence-corrected chi connectivity index (χ1v) is 55.6. The Morgan fingerprint density at radius 2 is 0.233 bits per heavy atom. The van der Waals surface area contributed by atoms with Crippen molar-refractivity contribution in [3.05, 3.63) is 12.2 Å². The third kappa shape index (κ3) is 101. The molecule has 0 amide bonds. The summed E-state index contributed by atoms with van der Waals surface area (Å²) in [6, 6.07) is 0. The fraction of sp³-hybridized carbons (Fsp3) is 0.964. The topological polar surface area (TPSA) is 52.6 Å². The fourth-order valence-corrected chi connectivity index (χ4v) is 18.8. The molecule has 0 aromatic carbocycles. The van der Waals surface area contributed by atoms with E-state index >= 15 is 0 Å². The number of carbonyl (C=O) groups is 2. The lowest BCUT2D eigenvalue weighted by Crippen LogP contribution is -2.15. The van der Waals surface area contributed by atoms with Crippen LogP contribution in [0.25, 0.3) is 0 Å². The molecule has 0 radical (unpaired) electrons. The van der Waals surface area contributed by atoms with Crippen LogP contribution in [0, 0.1) is 11.8 Å². The van der Waals surface area contributed by atoms with Crippen molar-refractivity contribution in [1.29, 1.82) is 0 Å². The summed E-state index contributed by atoms with van der Waals surface area (Å²) in [5.41, 5.74) is 0. The Balaban J connectivity index is 4.82. The summed E-state index contributed by atoms with van der Waals surface area (Å²) < 4.78 is 11.9. The maximum absolute atomic E-state index is 13.3. The molecule has 0 N–H and O–H groups in total. The molecular weight excluding hydrogens is 1410 g/mol. The molecule has 692 valence electrons. The van der Waals surface area contributed by atoms with Crippen molar-refractivity contribution in [3.63, 3.8) is 0 Å². The van der Waals surface area contributed by atoms with Crippen LogP contribution in [0.5, 0.6) is 0 Å². The van der Waals surface area contributed by atoms with Crippen molar-refractivity contribution in [1.82, 2.24) is 0 Å². The lowest BCUT2D eigenvalue weighted by Gasteiger charge is -2.17. The number of hydrogen-bond acceptors (Lipinski definition) is 4. The van der Waals surface area contributed by atoms with E-state index in [1.807, 2.05) is 0 Å². The van der Waals surface area contributed by atoms with Crippen LogP contribution in [-0.4, -0.2) is 25.2 Å². The molecular formula is C112H220O4. The normalized spacial score (nSPS) is 12.3. The first-order chi connectivity index (χ1) is 57.6. The molecule has 116 heavy (non-hydrogen) atoms. The summed E-state index contributed by atoms with van der Waals surface area (Å²) in [6.45, 7) is 10.2. The van der Waals surface area contributed by atoms with Gasteiger partial charge in [-0.3, -0.25) is 0 Å². The second-order valence-electron chi connectivity index (χ2n) is 39.0. The van der Waals surface area contributed by atoms with E-state index in [1.54, 1.807) is 0 Å². The predicted molar refractivity (Wildman–Crippen MR) is 522 cm³/mol. The number of hydrogen-bond donors (Lipinski definition) is 0. The highest BCUT2D eigenvalue weighted by atomic mass is 16.5. The molecule has 2 atom stereocenters. The zero-order chi connectivity index (χ0) is 83.3. The van der Waals surface area contributed by atoms with Crippen molar-refractivity contribution in [2.45, 2.75) is 670 Å². The molecule has 0 aliphatic heterocycles. The van der Waals surface area contributed by atoms with E-state index in [0.29, 0.717) is 25.0 Å². The van der Waals surface area contributed by atoms with Crippen LogP contribution in [0.1, 0.15) is 670 Å². The molecule has 4 nitrogen and oxygen atoms in total. The average molecular weight is 1630 g/mol. The molecule has 0 fully saturated rings. The third-order valence-electron chi connectivity index (χ3n) is 27.1. The van der Waals surface area contributed by atoms with Crippen LogP contribution in [0.15, 0.2) is 12.2 Å². The Bertz CT molecular complexity index is 1660. The van der Waals surface area contributed by atoms with Crippen molar-refractivity contribution in [2.24, 2.45) is 11.8 Å². The van der Waals surface area contributed by atoms with Crippen LogP contribution < -0.4 is 0 Å². The van der Waals surface area contributed by atoms with Gasteiger partial charge in [-0.15, -0.1) is 0 Å². The van der Waals surface area contributed by atoms with Gasteiger partial charge in [0.25, 0.3) is 0 Å². The second kappa shape index (κ2) is 106. The lowest BCUT2D eigenvalue weighted by atomic mass is 9.94. The maximum Gasteiger partial charge on any atom is 0.331 e. The molecule has 0 aromatic heterocycles. The summed E-state index contributed by atoms with van der Waals surface area (Å²) in [6.07, 6.45) is 143. The SMILES string of the molecule is CCCCCCCCCCCCCCCCCCCCCCCCCCCCCCCCC(CCCCCCCCCCCCCCCCCCCC)COC(=O)/C=C\C(=O)OCC(CCCCCCCCCCCCCCCCCCCC)CCCCCCCCCCCCCCCCCCCCCCCCCCCCCCCC. The predicted octanol–water partition coefficient (Wildman–Crippen LogP) is 41.0. The Morgan fingerprint density at radius 3 is 0.328 bits per heavy atom. The van der Waals surface area contributed by atoms with Crippen LogP contribution in [-0.2, 0) is 19.1 Å². The van der Waals surface area contributed by atoms with Gasteiger partial charge in [-0.2, -0.15) is 0 Å². The minimum atomic E-state index is -0.387. The number of rotatable bonds is 106. The quantitative estimate of drug-likeness (QED) is 0.0346. The van der Waals surface area contributed by atoms with E-state index in [4.69, 9.17) is 9.47 Å². The van der Waals surface area contributed by atoms with Gasteiger partial charge >= 0.3 is 11.9 Å². The van der Waals surface area contributed by atoms with E-state index in [1.165, 1.54) is 629 Å². The van der Waals surface area contributed by atoms with Crippen LogP contribution >= 0.6 is 0 Å². The zero-order valence-electron chi connectivity index (χ0n) is 81.1. The number of esters is 2. The number of ether oxygens (including phenoxy) is 2. The van der Waals surface area contributed by atoms with E-state index in [-0.39, 0.29) is 11.9 Å². The molecule has 0 saturated carbocycles. The minimum absolute atomic E-state index is 0.387. The van der Waals surface area contributed by atoms with E-state index in [2.05, 4.69) is 27.7 Å². The highest BCUT2D eigenvalue weighted by Crippen LogP contribution is 2.26. The van der Waals surface area contributed by atoms with Gasteiger partial charge in [0.15, 0.2) is 0 Å². The Labute approximate surface area is 733 Å². The van der Waals surface area contributed by atoms with E-state index < -0.39 is 0 Å². The van der Waals surface area contributed by atoms with Crippen LogP contribution in [0.3, 0.4) is 0 Å². The van der Waals surface area contributed by atoms with E-state index in [0.717, 1.165) is 25.7 Å². The molecule has 0 heterocycles. The molecule has 2 unspecified atom stereocenters. The van der Waals surface area contributed by atoms with Gasteiger partial charge in [-0.1, -0.05) is 644 Å². The van der Waals surface area contributed by atoms with Crippen molar-refractivity contribution in [3.8, 4) is 0 Å². The minimum Gasteiger partial charge on any atom is -0.462 e. The number of unbranched alkanes of at least 4 members (excludes halogenated alkanes) is 92. The summed E-state index contributed by atoms with van der Waals surface area (Å²) in [4.78, 5) is 26.5. The molecule has 0 aliphatic carbocycles. The lowest BCUT2D eigenvalue weighted by molar-refractivity contribution is -0.142. The van der Waals surface area contributed by atoms with Gasteiger partial charge in [-0.05, 0) is 37.5 Å². The van der Waals surface area contributed by atoms with Gasteiger partial charge in [0.2, 0.25) is 0 Å². The van der Waals surface area contributed by atoms with Gasteiger partial charge in [0.1, 0.15) is 0 Å². The van der Waals surface area contributed by atoms with Gasteiger partial charge in [0, 0.05) is 12.2 Å². The largest absolute Gasteiger partial charge is 0.462 e. The molecule has 0 saturated heterocycles. The molecule has 4 heteroatoms. The van der Waals surface area contributed by atoms with Gasteiger partial charge in [-0.25, -0.2) is 9.59 Å². The molecule has 0 bridgehead atoms. The summed E-state index contributed by atoms with van der Waals surface area (Å²) >= 11 is 0. The third-order valence-corrected chi connectivity index (χ3v) is 27.1. The monoisotopic (exact) mass is 1630 g/mol. The molecule has 0 rings (SSSR count). The number of carbonyl (C=O) groups excluding carboxylic acids is 2. The van der Waals surface area contributed by atoms with Crippen molar-refractivity contribution >= 4 is 11.9 Å². The Kier molecular flexibility index (Phi) is 105. The summed E-state index contributed by atoms with van der Waals surface area (Å²) in [5.74, 6) is 0.0259. The van der Waals surface area contributed by atoms with Gasteiger partial charge in [0.05, 0.1) is 13.2 Å². The zero-order valence-corrected chi connectivity index (χ0v) is 81.1. The molecule has 0 aromatic rings. The Hall–Kier alpha value is -1.32. The summed E-state index contributed by atoms with van der Waals surface area (Å²) in [5, 5.41) is 0. The van der Waals surface area contributed by atoms with Crippen molar-refractivity contribution < 1.29 is 19.1 Å². The molecule has 0 spiro atoms. The van der Waals surface area contributed by atoms with Crippen molar-refractivity contribution in [2.75, 3.05) is 13.2 Å². The van der Waals surface area contributed by atoms with Gasteiger partial charge < -0.3 is 9.47 Å². The van der Waals surface area contributed by atoms with E-state index in [9.17, 15) is 9.59 Å². The first-order valence-electron chi connectivity index (χ1n) is 55.6. The molecule has 0 aliphatic rings. The van der Waals surface area contributed by atoms with Crippen LogP contribution in [0.2, 0.25) is 0 Å². The highest BCUT2D eigenvalue weighted by molar-refractivity contribution is 5.91. The fourth-order valence-electron chi connectivity index (χ4n) is 18.8. The standard InChI is InChI=1S/C112H220O4/c1-5-9-13-17-21-25-29-33-37-41-45-47-49-51-53-55-57-59-61-63-65-67-71-75-79-83-87-91-95-99-103-109(101-97-93-89-85-81-77-73-69-43-39-35-31-27-23-19-15-11-7-3)107-115-111(113)105-106-112(114)116-108-110(102-98-94-90-86-82-78-74-70-44-40-36-32-28-24-20-16-12-8-4)104-100-96-92-88-84-80-76-72-68-66-64-62-60-58-56-54-52-50-48-46-42-38-34-30-26-22-18-14-10-6-2/h105-106,109-110H,5-104,107-108H2,1-4H3/b106-105-. The Morgan fingerprint density at radius 1 is 0.147 bits per heavy atom.